The van der Waals surface area contributed by atoms with Crippen molar-refractivity contribution in [3.05, 3.63) is 24.0 Å². The number of nitrogens with zero attached hydrogens (tertiary/aromatic N) is 4. The van der Waals surface area contributed by atoms with Crippen molar-refractivity contribution in [2.24, 2.45) is 0 Å². The van der Waals surface area contributed by atoms with Gasteiger partial charge in [-0.25, -0.2) is 19.1 Å². The van der Waals surface area contributed by atoms with Gasteiger partial charge in [-0.1, -0.05) is 0 Å². The van der Waals surface area contributed by atoms with E-state index in [0.29, 0.717) is 11.5 Å². The minimum atomic E-state index is -1.14. The van der Waals surface area contributed by atoms with Crippen molar-refractivity contribution in [1.29, 1.82) is 0 Å². The van der Waals surface area contributed by atoms with E-state index >= 15 is 0 Å². The second kappa shape index (κ2) is 4.30. The molecule has 102 valence electrons. The van der Waals surface area contributed by atoms with E-state index in [1.807, 2.05) is 0 Å². The third-order valence-electron chi connectivity index (χ3n) is 2.86. The highest BCUT2D eigenvalue weighted by Crippen LogP contribution is 2.17. The fourth-order valence-corrected chi connectivity index (χ4v) is 1.90. The summed E-state index contributed by atoms with van der Waals surface area (Å²) in [5.41, 5.74) is 0.201. The van der Waals surface area contributed by atoms with Crippen molar-refractivity contribution in [3.63, 3.8) is 0 Å². The van der Waals surface area contributed by atoms with Crippen LogP contribution in [0.2, 0.25) is 0 Å². The Hall–Kier alpha value is -2.97. The van der Waals surface area contributed by atoms with Crippen LogP contribution in [0.3, 0.4) is 0 Å². The van der Waals surface area contributed by atoms with Crippen LogP contribution in [-0.4, -0.2) is 44.2 Å². The minimum Gasteiger partial charge on any atom is -0.477 e. The number of aromatic carboxylic acids is 1. The summed E-state index contributed by atoms with van der Waals surface area (Å²) in [5.74, 6) is -1.16. The summed E-state index contributed by atoms with van der Waals surface area (Å²) in [6.07, 6.45) is 1.63. The summed E-state index contributed by atoms with van der Waals surface area (Å²) in [6, 6.07) is 2.25. The molecule has 1 aliphatic rings. The lowest BCUT2D eigenvalue weighted by Crippen LogP contribution is -2.49. The standard InChI is InChI=1S/C11H9N5O4/c17-9-2-3-15(11(20)13-9)8-5-7-12-6(10(18)19)1-4-16(7)14-8/h1,4-5H,2-3H2,(H,18,19)(H,13,17,20). The molecular weight excluding hydrogens is 266 g/mol. The summed E-state index contributed by atoms with van der Waals surface area (Å²) in [6.45, 7) is 0.223. The molecule has 0 unspecified atom stereocenters. The molecular formula is C11H9N5O4. The predicted octanol–water partition coefficient (Wildman–Crippen LogP) is -0.126. The van der Waals surface area contributed by atoms with Crippen LogP contribution in [0.25, 0.3) is 5.65 Å². The predicted molar refractivity (Wildman–Crippen MR) is 65.4 cm³/mol. The van der Waals surface area contributed by atoms with E-state index in [-0.39, 0.29) is 24.6 Å². The maximum Gasteiger partial charge on any atom is 0.354 e. The number of imide groups is 1. The largest absolute Gasteiger partial charge is 0.477 e. The van der Waals surface area contributed by atoms with Crippen LogP contribution in [0.4, 0.5) is 10.6 Å². The van der Waals surface area contributed by atoms with E-state index in [1.54, 1.807) is 0 Å². The molecule has 3 heterocycles. The lowest BCUT2D eigenvalue weighted by Gasteiger charge is -2.23. The third-order valence-corrected chi connectivity index (χ3v) is 2.86. The van der Waals surface area contributed by atoms with Crippen LogP contribution in [0.1, 0.15) is 16.9 Å². The molecule has 9 nitrogen and oxygen atoms in total. The van der Waals surface area contributed by atoms with Gasteiger partial charge in [0.15, 0.2) is 17.2 Å². The van der Waals surface area contributed by atoms with Gasteiger partial charge in [-0.3, -0.25) is 15.0 Å². The summed E-state index contributed by atoms with van der Waals surface area (Å²) in [4.78, 5) is 38.8. The SMILES string of the molecule is O=C1CCN(c2cc3nc(C(=O)O)ccn3n2)C(=O)N1. The molecule has 0 radical (unpaired) electrons. The molecule has 1 saturated heterocycles. The number of hydrogen-bond acceptors (Lipinski definition) is 5. The number of aromatic nitrogens is 3. The lowest BCUT2D eigenvalue weighted by atomic mass is 10.3. The van der Waals surface area contributed by atoms with Gasteiger partial charge in [-0.15, -0.1) is 5.10 Å². The Morgan fingerprint density at radius 1 is 1.40 bits per heavy atom. The highest BCUT2D eigenvalue weighted by atomic mass is 16.4. The number of amides is 3. The van der Waals surface area contributed by atoms with Crippen molar-refractivity contribution in [3.8, 4) is 0 Å². The van der Waals surface area contributed by atoms with Crippen molar-refractivity contribution >= 4 is 29.4 Å². The smallest absolute Gasteiger partial charge is 0.354 e. The molecule has 2 aromatic rings. The molecule has 0 bridgehead atoms. The first kappa shape index (κ1) is 12.1. The van der Waals surface area contributed by atoms with Crippen molar-refractivity contribution < 1.29 is 19.5 Å². The van der Waals surface area contributed by atoms with Crippen LogP contribution in [0.5, 0.6) is 0 Å². The average molecular weight is 275 g/mol. The Bertz CT molecular complexity index is 737. The fourth-order valence-electron chi connectivity index (χ4n) is 1.90. The number of carboxylic acid groups (broad SMARTS) is 1. The highest BCUT2D eigenvalue weighted by molar-refractivity contribution is 6.05. The quantitative estimate of drug-likeness (QED) is 0.788. The van der Waals surface area contributed by atoms with Gasteiger partial charge in [0, 0.05) is 25.2 Å². The Morgan fingerprint density at radius 3 is 2.90 bits per heavy atom. The van der Waals surface area contributed by atoms with Gasteiger partial charge in [-0.2, -0.15) is 0 Å². The van der Waals surface area contributed by atoms with Gasteiger partial charge in [-0.05, 0) is 6.07 Å². The van der Waals surface area contributed by atoms with E-state index in [0.717, 1.165) is 0 Å². The fraction of sp³-hybridized carbons (Fsp3) is 0.182. The normalized spacial score (nSPS) is 15.5. The minimum absolute atomic E-state index is 0.109. The average Bonchev–Trinajstić information content (AvgIpc) is 2.80. The molecule has 1 fully saturated rings. The van der Waals surface area contributed by atoms with Crippen molar-refractivity contribution in [2.75, 3.05) is 11.4 Å². The number of hydrogen-bond donors (Lipinski definition) is 2. The van der Waals surface area contributed by atoms with E-state index in [4.69, 9.17) is 5.11 Å². The molecule has 0 saturated carbocycles. The Morgan fingerprint density at radius 2 is 2.20 bits per heavy atom. The zero-order chi connectivity index (χ0) is 14.3. The van der Waals surface area contributed by atoms with Crippen LogP contribution in [-0.2, 0) is 4.79 Å². The highest BCUT2D eigenvalue weighted by Gasteiger charge is 2.26. The summed E-state index contributed by atoms with van der Waals surface area (Å²) in [7, 11) is 0. The zero-order valence-corrected chi connectivity index (χ0v) is 10.1. The molecule has 3 amide bonds. The number of carbonyl (C=O) groups excluding carboxylic acids is 2. The first-order chi connectivity index (χ1) is 9.54. The number of rotatable bonds is 2. The van der Waals surface area contributed by atoms with E-state index in [9.17, 15) is 14.4 Å². The number of fused-ring (bicyclic) bond motifs is 1. The van der Waals surface area contributed by atoms with Gasteiger partial charge in [0.05, 0.1) is 0 Å². The van der Waals surface area contributed by atoms with Crippen LogP contribution in [0, 0.1) is 0 Å². The number of nitrogens with one attached hydrogen (secondary N) is 1. The number of carboxylic acids is 1. The molecule has 3 rings (SSSR count). The Balaban J connectivity index is 1.98. The first-order valence-electron chi connectivity index (χ1n) is 5.75. The molecule has 0 atom stereocenters. The van der Waals surface area contributed by atoms with E-state index in [1.165, 1.54) is 27.7 Å². The zero-order valence-electron chi connectivity index (χ0n) is 10.1. The van der Waals surface area contributed by atoms with Crippen LogP contribution in [0.15, 0.2) is 18.3 Å². The van der Waals surface area contributed by atoms with Crippen LogP contribution < -0.4 is 10.2 Å². The van der Waals surface area contributed by atoms with Gasteiger partial charge in [0.25, 0.3) is 0 Å². The molecule has 0 spiro atoms. The van der Waals surface area contributed by atoms with Gasteiger partial charge >= 0.3 is 12.0 Å². The van der Waals surface area contributed by atoms with Gasteiger partial charge < -0.3 is 5.11 Å². The molecule has 2 N–H and O–H groups in total. The second-order valence-electron chi connectivity index (χ2n) is 4.18. The monoisotopic (exact) mass is 275 g/mol. The van der Waals surface area contributed by atoms with E-state index in [2.05, 4.69) is 15.4 Å². The summed E-state index contributed by atoms with van der Waals surface area (Å²) < 4.78 is 1.37. The maximum absolute atomic E-state index is 11.7. The molecule has 0 aliphatic carbocycles. The first-order valence-corrected chi connectivity index (χ1v) is 5.75. The van der Waals surface area contributed by atoms with Gasteiger partial charge in [0.1, 0.15) is 0 Å². The molecule has 20 heavy (non-hydrogen) atoms. The maximum atomic E-state index is 11.7. The number of anilines is 1. The third kappa shape index (κ3) is 1.94. The molecule has 0 aromatic carbocycles. The van der Waals surface area contributed by atoms with Crippen molar-refractivity contribution in [1.82, 2.24) is 19.9 Å². The number of carbonyl (C=O) groups is 3. The second-order valence-corrected chi connectivity index (χ2v) is 4.18. The summed E-state index contributed by atoms with van der Waals surface area (Å²) >= 11 is 0. The Labute approximate surface area is 111 Å². The topological polar surface area (TPSA) is 117 Å². The molecule has 9 heteroatoms. The van der Waals surface area contributed by atoms with E-state index < -0.39 is 12.0 Å². The molecule has 1 aliphatic heterocycles. The van der Waals surface area contributed by atoms with Crippen molar-refractivity contribution in [2.45, 2.75) is 6.42 Å². The number of urea groups is 1. The summed E-state index contributed by atoms with van der Waals surface area (Å²) in [5, 5.41) is 15.2. The van der Waals surface area contributed by atoms with Crippen LogP contribution >= 0.6 is 0 Å². The van der Waals surface area contributed by atoms with Gasteiger partial charge in [0.2, 0.25) is 5.91 Å². The Kier molecular flexibility index (Phi) is 2.60. The lowest BCUT2D eigenvalue weighted by molar-refractivity contribution is -0.120. The molecule has 2 aromatic heterocycles.